The molecule has 0 spiro atoms. The molecule has 1 aliphatic rings. The average molecular weight is 215 g/mol. The minimum atomic E-state index is -3.32. The zero-order valence-corrected chi connectivity index (χ0v) is 8.22. The van der Waals surface area contributed by atoms with Crippen LogP contribution in [0.25, 0.3) is 0 Å². The van der Waals surface area contributed by atoms with E-state index in [0.29, 0.717) is 0 Å². The Hall–Kier alpha value is -0.940. The molecule has 1 aromatic carbocycles. The van der Waals surface area contributed by atoms with E-state index in [9.17, 15) is 12.8 Å². The number of rotatable bonds is 0. The third kappa shape index (κ3) is 1.33. The summed E-state index contributed by atoms with van der Waals surface area (Å²) in [6.45, 7) is 0. The topological polar surface area (TPSA) is 60.2 Å². The van der Waals surface area contributed by atoms with Crippen LogP contribution in [0.5, 0.6) is 0 Å². The van der Waals surface area contributed by atoms with Crippen molar-refractivity contribution in [3.05, 3.63) is 29.6 Å². The molecule has 0 saturated heterocycles. The molecular weight excluding hydrogens is 205 g/mol. The highest BCUT2D eigenvalue weighted by atomic mass is 32.2. The maximum absolute atomic E-state index is 13.3. The fraction of sp³-hybridized carbons (Fsp3) is 0.333. The van der Waals surface area contributed by atoms with Gasteiger partial charge in [-0.05, 0) is 18.6 Å². The molecule has 1 atom stereocenters. The van der Waals surface area contributed by atoms with E-state index in [1.54, 1.807) is 0 Å². The van der Waals surface area contributed by atoms with Crippen LogP contribution in [-0.4, -0.2) is 14.2 Å². The Balaban J connectivity index is 2.75. The molecule has 3 nitrogen and oxygen atoms in total. The molecule has 2 rings (SSSR count). The van der Waals surface area contributed by atoms with Crippen LogP contribution in [0.4, 0.5) is 4.39 Å². The van der Waals surface area contributed by atoms with Crippen molar-refractivity contribution < 1.29 is 12.8 Å². The molecule has 1 aromatic rings. The summed E-state index contributed by atoms with van der Waals surface area (Å²) >= 11 is 0. The molecule has 14 heavy (non-hydrogen) atoms. The van der Waals surface area contributed by atoms with E-state index >= 15 is 0 Å². The monoisotopic (exact) mass is 215 g/mol. The van der Waals surface area contributed by atoms with E-state index < -0.39 is 21.7 Å². The quantitative estimate of drug-likeness (QED) is 0.702. The first-order valence-corrected chi connectivity index (χ1v) is 5.94. The number of hydrogen-bond acceptors (Lipinski definition) is 3. The molecule has 0 saturated carbocycles. The van der Waals surface area contributed by atoms with E-state index in [1.807, 2.05) is 0 Å². The molecule has 0 amide bonds. The van der Waals surface area contributed by atoms with Gasteiger partial charge in [0.1, 0.15) is 5.82 Å². The Morgan fingerprint density at radius 1 is 1.43 bits per heavy atom. The molecule has 1 heterocycles. The van der Waals surface area contributed by atoms with Gasteiger partial charge < -0.3 is 5.73 Å². The van der Waals surface area contributed by atoms with E-state index in [2.05, 4.69) is 0 Å². The number of hydrogen-bond donors (Lipinski definition) is 1. The van der Waals surface area contributed by atoms with Crippen LogP contribution in [0.1, 0.15) is 18.0 Å². The lowest BCUT2D eigenvalue weighted by Crippen LogP contribution is -2.26. The van der Waals surface area contributed by atoms with Gasteiger partial charge in [-0.2, -0.15) is 0 Å². The summed E-state index contributed by atoms with van der Waals surface area (Å²) in [5, 5.41) is 0. The van der Waals surface area contributed by atoms with E-state index in [4.69, 9.17) is 5.73 Å². The molecule has 0 fully saturated rings. The summed E-state index contributed by atoms with van der Waals surface area (Å²) in [5.41, 5.74) is 5.80. The van der Waals surface area contributed by atoms with Gasteiger partial charge in [-0.25, -0.2) is 12.8 Å². The number of halogens is 1. The molecule has 1 aliphatic heterocycles. The number of benzene rings is 1. The van der Waals surface area contributed by atoms with Crippen LogP contribution >= 0.6 is 0 Å². The van der Waals surface area contributed by atoms with Crippen molar-refractivity contribution in [2.45, 2.75) is 17.4 Å². The summed E-state index contributed by atoms with van der Waals surface area (Å²) in [6, 6.07) is 3.53. The Kier molecular flexibility index (Phi) is 2.08. The largest absolute Gasteiger partial charge is 0.324 e. The Morgan fingerprint density at radius 3 is 2.79 bits per heavy atom. The van der Waals surface area contributed by atoms with Gasteiger partial charge in [0.25, 0.3) is 0 Å². The van der Waals surface area contributed by atoms with Crippen LogP contribution in [-0.2, 0) is 9.84 Å². The van der Waals surface area contributed by atoms with Crippen molar-refractivity contribution in [2.24, 2.45) is 5.73 Å². The standard InChI is InChI=1S/C9H10FNO2S/c10-6-2-1-3-8-9(6)7(11)4-5-14(8,12)13/h1-3,7H,4-5,11H2. The fourth-order valence-electron chi connectivity index (χ4n) is 1.68. The van der Waals surface area contributed by atoms with Crippen molar-refractivity contribution in [3.8, 4) is 0 Å². The lowest BCUT2D eigenvalue weighted by Gasteiger charge is -2.22. The average Bonchev–Trinajstić information content (AvgIpc) is 2.12. The smallest absolute Gasteiger partial charge is 0.178 e. The first kappa shape index (κ1) is 9.61. The van der Waals surface area contributed by atoms with Gasteiger partial charge in [-0.15, -0.1) is 0 Å². The molecule has 1 unspecified atom stereocenters. The molecular formula is C9H10FNO2S. The molecule has 5 heteroatoms. The van der Waals surface area contributed by atoms with Crippen LogP contribution in [0.3, 0.4) is 0 Å². The first-order chi connectivity index (χ1) is 6.52. The lowest BCUT2D eigenvalue weighted by molar-refractivity contribution is 0.534. The SMILES string of the molecule is NC1CCS(=O)(=O)c2cccc(F)c21. The van der Waals surface area contributed by atoms with Gasteiger partial charge in [-0.1, -0.05) is 6.07 Å². The van der Waals surface area contributed by atoms with Crippen molar-refractivity contribution in [3.63, 3.8) is 0 Å². The van der Waals surface area contributed by atoms with Crippen LogP contribution < -0.4 is 5.73 Å². The molecule has 76 valence electrons. The van der Waals surface area contributed by atoms with Crippen LogP contribution in [0.15, 0.2) is 23.1 Å². The van der Waals surface area contributed by atoms with Gasteiger partial charge in [0.2, 0.25) is 0 Å². The van der Waals surface area contributed by atoms with E-state index in [0.717, 1.165) is 0 Å². The van der Waals surface area contributed by atoms with Gasteiger partial charge >= 0.3 is 0 Å². The molecule has 2 N–H and O–H groups in total. The Bertz CT molecular complexity index is 470. The van der Waals surface area contributed by atoms with Crippen molar-refractivity contribution in [1.29, 1.82) is 0 Å². The summed E-state index contributed by atoms with van der Waals surface area (Å²) in [4.78, 5) is 0.0521. The van der Waals surface area contributed by atoms with Crippen molar-refractivity contribution >= 4 is 9.84 Å². The maximum Gasteiger partial charge on any atom is 0.178 e. The summed E-state index contributed by atoms with van der Waals surface area (Å²) in [6.07, 6.45) is 0.288. The minimum absolute atomic E-state index is 0.00458. The summed E-state index contributed by atoms with van der Waals surface area (Å²) in [5.74, 6) is -0.525. The maximum atomic E-state index is 13.3. The predicted molar refractivity (Wildman–Crippen MR) is 50.0 cm³/mol. The Morgan fingerprint density at radius 2 is 2.14 bits per heavy atom. The minimum Gasteiger partial charge on any atom is -0.324 e. The van der Waals surface area contributed by atoms with E-state index in [-0.39, 0.29) is 22.6 Å². The second kappa shape index (κ2) is 3.03. The van der Waals surface area contributed by atoms with Crippen molar-refractivity contribution in [2.75, 3.05) is 5.75 Å². The second-order valence-corrected chi connectivity index (χ2v) is 5.44. The van der Waals surface area contributed by atoms with Gasteiger partial charge in [0.15, 0.2) is 9.84 Å². The van der Waals surface area contributed by atoms with E-state index in [1.165, 1.54) is 18.2 Å². The molecule has 0 radical (unpaired) electrons. The fourth-order valence-corrected chi connectivity index (χ4v) is 3.34. The second-order valence-electron chi connectivity index (χ2n) is 3.37. The third-order valence-corrected chi connectivity index (χ3v) is 4.22. The zero-order chi connectivity index (χ0) is 10.3. The molecule has 0 aliphatic carbocycles. The normalized spacial score (nSPS) is 24.3. The highest BCUT2D eigenvalue weighted by molar-refractivity contribution is 7.91. The molecule has 0 bridgehead atoms. The number of sulfone groups is 1. The molecule has 0 aromatic heterocycles. The lowest BCUT2D eigenvalue weighted by atomic mass is 10.0. The number of nitrogens with two attached hydrogens (primary N) is 1. The van der Waals surface area contributed by atoms with Gasteiger partial charge in [-0.3, -0.25) is 0 Å². The van der Waals surface area contributed by atoms with Crippen LogP contribution in [0.2, 0.25) is 0 Å². The third-order valence-electron chi connectivity index (χ3n) is 2.42. The van der Waals surface area contributed by atoms with Gasteiger partial charge in [0.05, 0.1) is 10.6 Å². The Labute approximate surface area is 81.7 Å². The predicted octanol–water partition coefficient (Wildman–Crippen LogP) is 1.00. The van der Waals surface area contributed by atoms with Gasteiger partial charge in [0, 0.05) is 11.6 Å². The number of fused-ring (bicyclic) bond motifs is 1. The summed E-state index contributed by atoms with van der Waals surface area (Å²) < 4.78 is 36.4. The highest BCUT2D eigenvalue weighted by Gasteiger charge is 2.30. The van der Waals surface area contributed by atoms with Crippen LogP contribution in [0, 0.1) is 5.82 Å². The zero-order valence-electron chi connectivity index (χ0n) is 7.40. The highest BCUT2D eigenvalue weighted by Crippen LogP contribution is 2.32. The van der Waals surface area contributed by atoms with Crippen molar-refractivity contribution in [1.82, 2.24) is 0 Å². The summed E-state index contributed by atoms with van der Waals surface area (Å²) in [7, 11) is -3.32. The first-order valence-electron chi connectivity index (χ1n) is 4.29.